The molecular weight excluding hydrogens is 446 g/mol. The van der Waals surface area contributed by atoms with Gasteiger partial charge < -0.3 is 20.3 Å². The number of hydrogen-bond donors (Lipinski definition) is 4. The number of thiophene rings is 1. The number of aliphatic carboxylic acids is 2. The molecule has 1 unspecified atom stereocenters. The number of allylic oxidation sites excluding steroid dienone is 1. The van der Waals surface area contributed by atoms with Gasteiger partial charge in [-0.15, -0.1) is 11.3 Å². The van der Waals surface area contributed by atoms with E-state index in [-0.39, 0.29) is 11.9 Å². The van der Waals surface area contributed by atoms with Crippen LogP contribution >= 0.6 is 22.9 Å². The molecule has 0 saturated carbocycles. The molecule has 2 aromatic rings. The van der Waals surface area contributed by atoms with Crippen LogP contribution in [0.15, 0.2) is 41.8 Å². The average Bonchev–Trinajstić information content (AvgIpc) is 3.35. The van der Waals surface area contributed by atoms with Crippen LogP contribution in [0.4, 0.5) is 5.82 Å². The Hall–Kier alpha value is -3.11. The minimum absolute atomic E-state index is 0.205. The number of nitrogens with one attached hydrogen (secondary N) is 2. The molecule has 11 heteroatoms. The van der Waals surface area contributed by atoms with Crippen LogP contribution in [-0.2, 0) is 19.1 Å². The van der Waals surface area contributed by atoms with E-state index in [1.54, 1.807) is 6.20 Å². The van der Waals surface area contributed by atoms with Crippen LogP contribution in [0.3, 0.4) is 0 Å². The molecule has 1 atom stereocenters. The van der Waals surface area contributed by atoms with Gasteiger partial charge in [0.25, 0.3) is 0 Å². The molecule has 2 aromatic heterocycles. The Morgan fingerprint density at radius 2 is 1.90 bits per heavy atom. The Morgan fingerprint density at radius 1 is 1.23 bits per heavy atom. The second kappa shape index (κ2) is 11.3. The summed E-state index contributed by atoms with van der Waals surface area (Å²) in [6.45, 7) is 4.24. The molecule has 3 heterocycles. The van der Waals surface area contributed by atoms with Gasteiger partial charge >= 0.3 is 17.9 Å². The van der Waals surface area contributed by atoms with Crippen molar-refractivity contribution < 1.29 is 29.3 Å². The molecule has 1 aliphatic rings. The Kier molecular flexibility index (Phi) is 8.83. The van der Waals surface area contributed by atoms with Crippen molar-refractivity contribution in [2.75, 3.05) is 11.9 Å². The van der Waals surface area contributed by atoms with Gasteiger partial charge in [-0.05, 0) is 25.5 Å². The summed E-state index contributed by atoms with van der Waals surface area (Å²) in [5, 5.41) is 26.0. The molecule has 1 aliphatic heterocycles. The van der Waals surface area contributed by atoms with Crippen molar-refractivity contribution in [3.05, 3.63) is 56.5 Å². The van der Waals surface area contributed by atoms with Gasteiger partial charge in [-0.1, -0.05) is 24.9 Å². The predicted octanol–water partition coefficient (Wildman–Crippen LogP) is 4.01. The normalized spacial score (nSPS) is 15.0. The second-order valence-corrected chi connectivity index (χ2v) is 8.02. The number of aromatic amines is 1. The lowest BCUT2D eigenvalue weighted by molar-refractivity contribution is -0.139. The number of anilines is 1. The highest BCUT2D eigenvalue weighted by Crippen LogP contribution is 2.45. The third kappa shape index (κ3) is 6.43. The predicted molar refractivity (Wildman–Crippen MR) is 116 cm³/mol. The molecule has 0 bridgehead atoms. The molecular formula is C20H22ClN3O6S. The number of ether oxygens (including phenoxy) is 1. The Balaban J connectivity index is 0.000000366. The first kappa shape index (κ1) is 24.2. The lowest BCUT2D eigenvalue weighted by Crippen LogP contribution is -2.24. The van der Waals surface area contributed by atoms with Gasteiger partial charge in [-0.2, -0.15) is 5.10 Å². The van der Waals surface area contributed by atoms with Crippen molar-refractivity contribution in [2.24, 2.45) is 0 Å². The van der Waals surface area contributed by atoms with E-state index in [0.29, 0.717) is 28.7 Å². The van der Waals surface area contributed by atoms with Crippen molar-refractivity contribution in [3.8, 4) is 0 Å². The van der Waals surface area contributed by atoms with Gasteiger partial charge in [0.1, 0.15) is 5.82 Å². The number of carboxylic acid groups (broad SMARTS) is 2. The van der Waals surface area contributed by atoms with Gasteiger partial charge in [-0.3, -0.25) is 5.10 Å². The summed E-state index contributed by atoms with van der Waals surface area (Å²) < 4.78 is 6.01. The minimum atomic E-state index is -1.26. The van der Waals surface area contributed by atoms with E-state index in [0.717, 1.165) is 34.8 Å². The number of fused-ring (bicyclic) bond motifs is 1. The Morgan fingerprint density at radius 3 is 2.42 bits per heavy atom. The number of hydrogen-bond acceptors (Lipinski definition) is 7. The van der Waals surface area contributed by atoms with E-state index in [1.165, 1.54) is 11.3 Å². The molecule has 0 saturated heterocycles. The highest BCUT2D eigenvalue weighted by Gasteiger charge is 2.36. The lowest BCUT2D eigenvalue weighted by atomic mass is 9.86. The average molecular weight is 468 g/mol. The number of carboxylic acids is 2. The summed E-state index contributed by atoms with van der Waals surface area (Å²) in [5.41, 5.74) is 2.48. The molecule has 0 radical (unpaired) electrons. The van der Waals surface area contributed by atoms with Crippen LogP contribution in [0, 0.1) is 0 Å². The SMILES string of the molecule is CCCC1=C(C(=O)OCC)C(c2ccc(Cl)s2)c2cn[nH]c2N1.O=C(O)/C=C\C(=O)O. The zero-order chi connectivity index (χ0) is 23.0. The maximum absolute atomic E-state index is 12.6. The number of aromatic nitrogens is 2. The Labute approximate surface area is 187 Å². The number of rotatable bonds is 7. The van der Waals surface area contributed by atoms with Crippen molar-refractivity contribution in [1.82, 2.24) is 10.2 Å². The fraction of sp³-hybridized carbons (Fsp3) is 0.300. The molecule has 31 heavy (non-hydrogen) atoms. The third-order valence-electron chi connectivity index (χ3n) is 4.11. The highest BCUT2D eigenvalue weighted by atomic mass is 35.5. The number of nitrogens with zero attached hydrogens (tertiary/aromatic N) is 1. The maximum atomic E-state index is 12.6. The van der Waals surface area contributed by atoms with Gasteiger partial charge in [0.15, 0.2) is 0 Å². The summed E-state index contributed by atoms with van der Waals surface area (Å²) in [7, 11) is 0. The number of H-pyrrole nitrogens is 1. The Bertz CT molecular complexity index is 994. The highest BCUT2D eigenvalue weighted by molar-refractivity contribution is 7.16. The first-order chi connectivity index (χ1) is 14.8. The fourth-order valence-corrected chi connectivity index (χ4v) is 4.17. The fourth-order valence-electron chi connectivity index (χ4n) is 2.98. The topological polar surface area (TPSA) is 142 Å². The van der Waals surface area contributed by atoms with Crippen molar-refractivity contribution in [2.45, 2.75) is 32.6 Å². The molecule has 166 valence electrons. The zero-order valence-corrected chi connectivity index (χ0v) is 18.4. The standard InChI is InChI=1S/C16H18ClN3O2S.C4H4O4/c1-3-5-10-14(16(21)22-4-2)13(11-6-7-12(17)23-11)9-8-18-20-15(9)19-10;5-3(6)1-2-4(7)8/h6-8,13H,3-5H2,1-2H3,(H2,18,19,20);1-2H,(H,5,6)(H,7,8)/b;2-1-. The smallest absolute Gasteiger partial charge is 0.336 e. The summed E-state index contributed by atoms with van der Waals surface area (Å²) in [6.07, 6.45) is 4.56. The molecule has 0 fully saturated rings. The van der Waals surface area contributed by atoms with Crippen LogP contribution < -0.4 is 5.32 Å². The first-order valence-corrected chi connectivity index (χ1v) is 10.6. The maximum Gasteiger partial charge on any atom is 0.336 e. The van der Waals surface area contributed by atoms with E-state index >= 15 is 0 Å². The number of esters is 1. The van der Waals surface area contributed by atoms with Crippen LogP contribution in [0.25, 0.3) is 0 Å². The van der Waals surface area contributed by atoms with Gasteiger partial charge in [0.2, 0.25) is 0 Å². The molecule has 4 N–H and O–H groups in total. The molecule has 0 amide bonds. The lowest BCUT2D eigenvalue weighted by Gasteiger charge is -2.27. The largest absolute Gasteiger partial charge is 0.478 e. The quantitative estimate of drug-likeness (QED) is 0.353. The first-order valence-electron chi connectivity index (χ1n) is 9.38. The molecule has 0 spiro atoms. The van der Waals surface area contributed by atoms with Gasteiger partial charge in [0, 0.05) is 28.3 Å². The number of carbonyl (C=O) groups is 3. The van der Waals surface area contributed by atoms with Crippen LogP contribution in [0.5, 0.6) is 0 Å². The van der Waals surface area contributed by atoms with Crippen molar-refractivity contribution >= 4 is 46.7 Å². The zero-order valence-electron chi connectivity index (χ0n) is 16.8. The van der Waals surface area contributed by atoms with E-state index in [2.05, 4.69) is 22.4 Å². The van der Waals surface area contributed by atoms with Gasteiger partial charge in [-0.25, -0.2) is 14.4 Å². The molecule has 0 aliphatic carbocycles. The summed E-state index contributed by atoms with van der Waals surface area (Å²) >= 11 is 7.59. The van der Waals surface area contributed by atoms with E-state index in [9.17, 15) is 14.4 Å². The molecule has 3 rings (SSSR count). The summed E-state index contributed by atoms with van der Waals surface area (Å²) in [5.74, 6) is -2.18. The summed E-state index contributed by atoms with van der Waals surface area (Å²) in [4.78, 5) is 32.7. The van der Waals surface area contributed by atoms with Crippen LogP contribution in [0.2, 0.25) is 4.34 Å². The van der Waals surface area contributed by atoms with Gasteiger partial charge in [0.05, 0.1) is 28.6 Å². The second-order valence-electron chi connectivity index (χ2n) is 6.27. The summed E-state index contributed by atoms with van der Waals surface area (Å²) in [6, 6.07) is 3.81. The number of carbonyl (C=O) groups excluding carboxylic acids is 1. The van der Waals surface area contributed by atoms with Crippen molar-refractivity contribution in [3.63, 3.8) is 0 Å². The van der Waals surface area contributed by atoms with Crippen LogP contribution in [0.1, 0.15) is 43.0 Å². The minimum Gasteiger partial charge on any atom is -0.478 e. The van der Waals surface area contributed by atoms with E-state index in [1.807, 2.05) is 19.1 Å². The van der Waals surface area contributed by atoms with E-state index < -0.39 is 11.9 Å². The number of halogens is 1. The van der Waals surface area contributed by atoms with E-state index in [4.69, 9.17) is 26.6 Å². The van der Waals surface area contributed by atoms with Crippen LogP contribution in [-0.4, -0.2) is 44.9 Å². The molecule has 9 nitrogen and oxygen atoms in total. The third-order valence-corrected chi connectivity index (χ3v) is 5.41. The monoisotopic (exact) mass is 467 g/mol. The molecule has 0 aromatic carbocycles. The van der Waals surface area contributed by atoms with Crippen molar-refractivity contribution in [1.29, 1.82) is 0 Å².